The summed E-state index contributed by atoms with van der Waals surface area (Å²) in [6, 6.07) is 4.28. The molecule has 2 aromatic rings. The van der Waals surface area contributed by atoms with Gasteiger partial charge in [0.1, 0.15) is 12.1 Å². The minimum Gasteiger partial charge on any atom is -0.340 e. The first-order chi connectivity index (χ1) is 8.86. The van der Waals surface area contributed by atoms with Gasteiger partial charge < -0.3 is 5.32 Å². The van der Waals surface area contributed by atoms with E-state index in [9.17, 15) is 17.6 Å². The minimum atomic E-state index is -4.43. The smallest absolute Gasteiger partial charge is 0.340 e. The largest absolute Gasteiger partial charge is 0.416 e. The van der Waals surface area contributed by atoms with E-state index in [1.54, 1.807) is 6.92 Å². The van der Waals surface area contributed by atoms with Crippen LogP contribution in [0.25, 0.3) is 0 Å². The molecule has 0 amide bonds. The molecule has 0 spiro atoms. The zero-order valence-corrected chi connectivity index (χ0v) is 9.79. The molecule has 0 bridgehead atoms. The molecule has 0 aliphatic carbocycles. The normalized spacial score (nSPS) is 11.4. The number of rotatable bonds is 2. The molecule has 19 heavy (non-hydrogen) atoms. The number of hydrogen-bond donors (Lipinski definition) is 1. The number of aromatic nitrogens is 2. The molecule has 0 radical (unpaired) electrons. The number of halogens is 4. The van der Waals surface area contributed by atoms with E-state index in [1.165, 1.54) is 6.07 Å². The van der Waals surface area contributed by atoms with Gasteiger partial charge in [-0.3, -0.25) is 0 Å². The minimum absolute atomic E-state index is 0.0925. The van der Waals surface area contributed by atoms with Gasteiger partial charge in [0.15, 0.2) is 0 Å². The quantitative estimate of drug-likeness (QED) is 0.668. The van der Waals surface area contributed by atoms with Gasteiger partial charge in [-0.15, -0.1) is 0 Å². The predicted octanol–water partition coefficient (Wildman–Crippen LogP) is 3.69. The van der Waals surface area contributed by atoms with Crippen LogP contribution in [-0.4, -0.2) is 9.97 Å². The lowest BCUT2D eigenvalue weighted by molar-refractivity contribution is -0.137. The van der Waals surface area contributed by atoms with E-state index in [0.717, 1.165) is 24.5 Å². The van der Waals surface area contributed by atoms with Gasteiger partial charge in [0.25, 0.3) is 0 Å². The van der Waals surface area contributed by atoms with Gasteiger partial charge >= 0.3 is 6.18 Å². The van der Waals surface area contributed by atoms with Gasteiger partial charge in [0.2, 0.25) is 5.95 Å². The van der Waals surface area contributed by atoms with Crippen molar-refractivity contribution in [1.29, 1.82) is 0 Å². The highest BCUT2D eigenvalue weighted by Gasteiger charge is 2.30. The highest BCUT2D eigenvalue weighted by Crippen LogP contribution is 2.32. The van der Waals surface area contributed by atoms with Gasteiger partial charge in [0.05, 0.1) is 5.56 Å². The Bertz CT molecular complexity index is 596. The molecular formula is C12H9F4N3. The molecule has 0 aliphatic heterocycles. The Morgan fingerprint density at radius 1 is 1.11 bits per heavy atom. The fourth-order valence-corrected chi connectivity index (χ4v) is 1.47. The van der Waals surface area contributed by atoms with Crippen LogP contribution in [0.3, 0.4) is 0 Å². The molecule has 2 rings (SSSR count). The third kappa shape index (κ3) is 3.18. The molecule has 1 aromatic heterocycles. The lowest BCUT2D eigenvalue weighted by Gasteiger charge is -2.12. The Hall–Kier alpha value is -2.18. The van der Waals surface area contributed by atoms with Crippen molar-refractivity contribution in [2.24, 2.45) is 0 Å². The second-order valence-corrected chi connectivity index (χ2v) is 3.88. The van der Waals surface area contributed by atoms with Crippen LogP contribution in [-0.2, 0) is 6.18 Å². The number of anilines is 2. The van der Waals surface area contributed by atoms with Crippen LogP contribution in [0.1, 0.15) is 11.1 Å². The van der Waals surface area contributed by atoms with E-state index < -0.39 is 17.7 Å². The fourth-order valence-electron chi connectivity index (χ4n) is 1.47. The summed E-state index contributed by atoms with van der Waals surface area (Å²) in [5.74, 6) is -0.669. The second kappa shape index (κ2) is 4.83. The van der Waals surface area contributed by atoms with Crippen LogP contribution in [0.4, 0.5) is 29.1 Å². The number of aryl methyl sites for hydroxylation is 1. The van der Waals surface area contributed by atoms with Crippen molar-refractivity contribution >= 4 is 11.5 Å². The first-order valence-electron chi connectivity index (χ1n) is 5.28. The monoisotopic (exact) mass is 271 g/mol. The molecule has 7 heteroatoms. The predicted molar refractivity (Wildman–Crippen MR) is 61.5 cm³/mol. The fraction of sp³-hybridized carbons (Fsp3) is 0.167. The van der Waals surface area contributed by atoms with Crippen molar-refractivity contribution in [3.8, 4) is 0 Å². The first-order valence-corrected chi connectivity index (χ1v) is 5.28. The van der Waals surface area contributed by atoms with Gasteiger partial charge in [-0.25, -0.2) is 9.97 Å². The van der Waals surface area contributed by atoms with E-state index in [1.807, 2.05) is 0 Å². The Balaban J connectivity index is 2.34. The molecule has 100 valence electrons. The summed E-state index contributed by atoms with van der Waals surface area (Å²) in [5.41, 5.74) is 0.0232. The summed E-state index contributed by atoms with van der Waals surface area (Å²) < 4.78 is 50.6. The van der Waals surface area contributed by atoms with Crippen molar-refractivity contribution < 1.29 is 17.6 Å². The van der Waals surface area contributed by atoms with Crippen molar-refractivity contribution in [3.05, 3.63) is 47.7 Å². The Morgan fingerprint density at radius 2 is 1.84 bits per heavy atom. The third-order valence-electron chi connectivity index (χ3n) is 2.46. The molecule has 0 aliphatic rings. The van der Waals surface area contributed by atoms with Gasteiger partial charge in [-0.05, 0) is 24.6 Å². The molecule has 3 nitrogen and oxygen atoms in total. The summed E-state index contributed by atoms with van der Waals surface area (Å²) in [4.78, 5) is 6.99. The zero-order chi connectivity index (χ0) is 14.0. The molecule has 1 N–H and O–H groups in total. The van der Waals surface area contributed by atoms with Crippen LogP contribution >= 0.6 is 0 Å². The lowest BCUT2D eigenvalue weighted by atomic mass is 10.1. The van der Waals surface area contributed by atoms with E-state index in [-0.39, 0.29) is 11.5 Å². The molecular weight excluding hydrogens is 262 g/mol. The molecule has 0 saturated heterocycles. The maximum atomic E-state index is 12.9. The molecule has 0 unspecified atom stereocenters. The van der Waals surface area contributed by atoms with E-state index >= 15 is 0 Å². The van der Waals surface area contributed by atoms with Crippen LogP contribution in [0.2, 0.25) is 0 Å². The summed E-state index contributed by atoms with van der Waals surface area (Å²) in [7, 11) is 0. The highest BCUT2D eigenvalue weighted by atomic mass is 19.4. The van der Waals surface area contributed by atoms with E-state index in [4.69, 9.17) is 0 Å². The summed E-state index contributed by atoms with van der Waals surface area (Å²) >= 11 is 0. The maximum Gasteiger partial charge on any atom is 0.416 e. The average Bonchev–Trinajstić information content (AvgIpc) is 2.30. The van der Waals surface area contributed by atoms with Crippen LogP contribution in [0, 0.1) is 12.9 Å². The SMILES string of the molecule is Cc1ccc(C(F)(F)F)cc1Nc1cc(F)ncn1. The molecule has 0 fully saturated rings. The van der Waals surface area contributed by atoms with Crippen molar-refractivity contribution in [3.63, 3.8) is 0 Å². The number of benzene rings is 1. The van der Waals surface area contributed by atoms with Crippen LogP contribution in [0.15, 0.2) is 30.6 Å². The second-order valence-electron chi connectivity index (χ2n) is 3.88. The van der Waals surface area contributed by atoms with Crippen LogP contribution in [0.5, 0.6) is 0 Å². The van der Waals surface area contributed by atoms with Crippen molar-refractivity contribution in [2.45, 2.75) is 13.1 Å². The summed E-state index contributed by atoms with van der Waals surface area (Å²) in [6.07, 6.45) is -3.44. The number of alkyl halides is 3. The molecule has 0 saturated carbocycles. The number of nitrogens with zero attached hydrogens (tertiary/aromatic N) is 2. The molecule has 0 atom stereocenters. The van der Waals surface area contributed by atoms with Crippen molar-refractivity contribution in [2.75, 3.05) is 5.32 Å². The van der Waals surface area contributed by atoms with Gasteiger partial charge in [0, 0.05) is 11.8 Å². The number of nitrogens with one attached hydrogen (secondary N) is 1. The zero-order valence-electron chi connectivity index (χ0n) is 9.79. The van der Waals surface area contributed by atoms with Gasteiger partial charge in [-0.2, -0.15) is 17.6 Å². The Kier molecular flexibility index (Phi) is 3.37. The van der Waals surface area contributed by atoms with Gasteiger partial charge in [-0.1, -0.05) is 6.07 Å². The summed E-state index contributed by atoms with van der Waals surface area (Å²) in [5, 5.41) is 2.63. The molecule has 1 aromatic carbocycles. The van der Waals surface area contributed by atoms with Crippen LogP contribution < -0.4 is 5.32 Å². The topological polar surface area (TPSA) is 37.8 Å². The Labute approximate surface area is 106 Å². The average molecular weight is 271 g/mol. The van der Waals surface area contributed by atoms with E-state index in [0.29, 0.717) is 5.56 Å². The number of hydrogen-bond acceptors (Lipinski definition) is 3. The third-order valence-corrected chi connectivity index (χ3v) is 2.46. The standard InChI is InChI=1S/C12H9F4N3/c1-7-2-3-8(12(14,15)16)4-9(7)19-11-5-10(13)17-6-18-11/h2-6H,1H3,(H,17,18,19). The Morgan fingerprint density at radius 3 is 2.47 bits per heavy atom. The maximum absolute atomic E-state index is 12.9. The van der Waals surface area contributed by atoms with E-state index in [2.05, 4.69) is 15.3 Å². The lowest BCUT2D eigenvalue weighted by Crippen LogP contribution is -2.06. The summed E-state index contributed by atoms with van der Waals surface area (Å²) in [6.45, 7) is 1.64. The molecule has 1 heterocycles. The first kappa shape index (κ1) is 13.3. The highest BCUT2D eigenvalue weighted by molar-refractivity contribution is 5.61. The van der Waals surface area contributed by atoms with Crippen molar-refractivity contribution in [1.82, 2.24) is 9.97 Å².